The predicted molar refractivity (Wildman–Crippen MR) is 131 cm³/mol. The third-order valence-electron chi connectivity index (χ3n) is 3.70. The van der Waals surface area contributed by atoms with Crippen LogP contribution in [-0.2, 0) is 15.0 Å². The smallest absolute Gasteiger partial charge is 0.413 e. The first-order chi connectivity index (χ1) is 14.7. The number of hydrogen-bond acceptors (Lipinski definition) is 7. The lowest BCUT2D eigenvalue weighted by Crippen LogP contribution is -2.38. The van der Waals surface area contributed by atoms with E-state index in [-0.39, 0.29) is 0 Å². The number of amides is 2. The van der Waals surface area contributed by atoms with E-state index in [9.17, 15) is 9.59 Å². The van der Waals surface area contributed by atoms with E-state index in [0.29, 0.717) is 23.0 Å². The zero-order valence-corrected chi connectivity index (χ0v) is 21.4. The number of amidine groups is 1. The summed E-state index contributed by atoms with van der Waals surface area (Å²) in [5.41, 5.74) is -0.819. The largest absolute Gasteiger partial charge is 0.444 e. The Bertz CT molecular complexity index is 871. The van der Waals surface area contributed by atoms with Crippen LogP contribution in [0.2, 0.25) is 0 Å². The number of ether oxygens (including phenoxy) is 2. The summed E-state index contributed by atoms with van der Waals surface area (Å²) in [6, 6.07) is 3.41. The number of pyridine rings is 1. The second-order valence-electron chi connectivity index (χ2n) is 9.19. The average Bonchev–Trinajstić information content (AvgIpc) is 2.59. The topological polar surface area (TPSA) is 102 Å². The highest BCUT2D eigenvalue weighted by molar-refractivity contribution is 8.17. The van der Waals surface area contributed by atoms with Gasteiger partial charge in [-0.05, 0) is 65.5 Å². The molecule has 0 saturated heterocycles. The van der Waals surface area contributed by atoms with Gasteiger partial charge >= 0.3 is 12.2 Å². The van der Waals surface area contributed by atoms with E-state index in [0.717, 1.165) is 4.91 Å². The highest BCUT2D eigenvalue weighted by Gasteiger charge is 2.34. The Morgan fingerprint density at radius 2 is 1.59 bits per heavy atom. The highest BCUT2D eigenvalue weighted by atomic mass is 32.2. The fraction of sp³-hybridized carbons (Fsp3) is 0.565. The van der Waals surface area contributed by atoms with E-state index >= 15 is 0 Å². The van der Waals surface area contributed by atoms with E-state index in [1.165, 1.54) is 11.8 Å². The van der Waals surface area contributed by atoms with Gasteiger partial charge < -0.3 is 9.47 Å². The first-order valence-corrected chi connectivity index (χ1v) is 11.4. The molecular weight excluding hydrogens is 428 g/mol. The minimum absolute atomic E-state index is 0.385. The number of hydrogen-bond donors (Lipinski definition) is 2. The summed E-state index contributed by atoms with van der Waals surface area (Å²) in [6.45, 7) is 20.7. The zero-order chi connectivity index (χ0) is 24.7. The maximum absolute atomic E-state index is 12.1. The number of aliphatic imine (C=N–C) groups is 1. The first-order valence-electron chi connectivity index (χ1n) is 10.6. The number of aromatic nitrogens is 1. The van der Waals surface area contributed by atoms with E-state index in [1.807, 2.05) is 20.8 Å². The lowest BCUT2D eigenvalue weighted by Gasteiger charge is -2.31. The Morgan fingerprint density at radius 3 is 2.12 bits per heavy atom. The molecule has 2 amide bonds. The van der Waals surface area contributed by atoms with E-state index in [4.69, 9.17) is 9.47 Å². The molecule has 0 saturated carbocycles. The van der Waals surface area contributed by atoms with Crippen molar-refractivity contribution in [3.8, 4) is 0 Å². The van der Waals surface area contributed by atoms with Gasteiger partial charge in [-0.15, -0.1) is 0 Å². The molecule has 1 aliphatic heterocycles. The van der Waals surface area contributed by atoms with E-state index < -0.39 is 28.9 Å². The molecule has 0 bridgehead atoms. The summed E-state index contributed by atoms with van der Waals surface area (Å²) in [5, 5.41) is 5.77. The maximum Gasteiger partial charge on any atom is 0.413 e. The van der Waals surface area contributed by atoms with Crippen molar-refractivity contribution in [1.82, 2.24) is 10.3 Å². The highest BCUT2D eigenvalue weighted by Crippen LogP contribution is 2.40. The first kappa shape index (κ1) is 27.5. The summed E-state index contributed by atoms with van der Waals surface area (Å²) in [5.74, 6) is 0. The number of nitrogens with zero attached hydrogens (tertiary/aromatic N) is 2. The van der Waals surface area contributed by atoms with Crippen molar-refractivity contribution in [2.75, 3.05) is 5.32 Å². The molecule has 8 nitrogen and oxygen atoms in total. The van der Waals surface area contributed by atoms with Gasteiger partial charge in [-0.2, -0.15) is 0 Å². The van der Waals surface area contributed by atoms with Crippen LogP contribution in [0.4, 0.5) is 15.3 Å². The molecule has 9 heteroatoms. The fourth-order valence-corrected chi connectivity index (χ4v) is 3.67. The second-order valence-corrected chi connectivity index (χ2v) is 10.4. The van der Waals surface area contributed by atoms with Crippen LogP contribution < -0.4 is 10.6 Å². The number of nitrogens with one attached hydrogen (secondary N) is 2. The van der Waals surface area contributed by atoms with Gasteiger partial charge in [0.1, 0.15) is 16.7 Å². The molecule has 1 aromatic rings. The van der Waals surface area contributed by atoms with Gasteiger partial charge in [0.15, 0.2) is 5.17 Å². The number of anilines is 1. The maximum atomic E-state index is 12.1. The number of carbonyl (C=O) groups excluding carboxylic acids is 2. The van der Waals surface area contributed by atoms with Crippen molar-refractivity contribution in [1.29, 1.82) is 0 Å². The molecular formula is C23H36N4O4S. The van der Waals surface area contributed by atoms with Crippen LogP contribution in [0.5, 0.6) is 0 Å². The number of alkyl carbamates (subject to hydrolysis) is 1. The molecule has 0 spiro atoms. The summed E-state index contributed by atoms with van der Waals surface area (Å²) < 4.78 is 10.6. The van der Waals surface area contributed by atoms with Gasteiger partial charge in [0.05, 0.1) is 5.69 Å². The predicted octanol–water partition coefficient (Wildman–Crippen LogP) is 6.20. The van der Waals surface area contributed by atoms with Gasteiger partial charge in [0, 0.05) is 18.3 Å². The van der Waals surface area contributed by atoms with Crippen LogP contribution in [0.3, 0.4) is 0 Å². The molecule has 1 aromatic heterocycles. The third-order valence-corrected chi connectivity index (χ3v) is 4.52. The molecule has 0 fully saturated rings. The third kappa shape index (κ3) is 9.30. The zero-order valence-electron chi connectivity index (χ0n) is 20.6. The quantitative estimate of drug-likeness (QED) is 0.540. The molecule has 1 aliphatic rings. The summed E-state index contributed by atoms with van der Waals surface area (Å²) in [4.78, 5) is 34.2. The molecule has 0 aromatic carbocycles. The average molecular weight is 465 g/mol. The number of thioether (sulfide) groups is 1. The molecule has 2 heterocycles. The van der Waals surface area contributed by atoms with Crippen LogP contribution in [0.15, 0.2) is 34.8 Å². The molecule has 32 heavy (non-hydrogen) atoms. The standard InChI is InChI=1S/C21H30N4O4S.C2H6/c1-13-12-21(8,25-16(30-13)24-18(27)29-20(5,6)7)15-11-14(9-10-22-15)23-17(26)28-19(2,3)4;1-2/h9-11H,1,12H2,2-8H3,(H,22,23,26)(H,24,25,27);1-2H3/t21-;/m0./s1. The minimum atomic E-state index is -0.766. The molecule has 1 atom stereocenters. The second kappa shape index (κ2) is 10.8. The van der Waals surface area contributed by atoms with Crippen molar-refractivity contribution >= 4 is 34.8 Å². The van der Waals surface area contributed by atoms with Gasteiger partial charge in [0.2, 0.25) is 0 Å². The normalized spacial score (nSPS) is 18.5. The molecule has 0 aliphatic carbocycles. The van der Waals surface area contributed by atoms with Crippen molar-refractivity contribution < 1.29 is 19.1 Å². The Labute approximate surface area is 195 Å². The van der Waals surface area contributed by atoms with Gasteiger partial charge in [-0.25, -0.2) is 14.6 Å². The van der Waals surface area contributed by atoms with Crippen LogP contribution in [0.1, 0.15) is 74.4 Å². The molecule has 0 radical (unpaired) electrons. The molecule has 2 rings (SSSR count). The Balaban J connectivity index is 0.00000249. The lowest BCUT2D eigenvalue weighted by atomic mass is 9.93. The summed E-state index contributed by atoms with van der Waals surface area (Å²) in [6.07, 6.45) is 0.984. The SMILES string of the molecule is C=C1C[C@@](C)(c2cc(NC(=O)OC(C)(C)C)ccn2)N=C(NC(=O)OC(C)(C)C)S1.CC. The Morgan fingerprint density at radius 1 is 1.06 bits per heavy atom. The molecule has 2 N–H and O–H groups in total. The van der Waals surface area contributed by atoms with Crippen molar-refractivity contribution in [3.63, 3.8) is 0 Å². The van der Waals surface area contributed by atoms with Gasteiger partial charge in [-0.3, -0.25) is 15.6 Å². The monoisotopic (exact) mass is 464 g/mol. The van der Waals surface area contributed by atoms with Gasteiger partial charge in [-0.1, -0.05) is 32.2 Å². The fourth-order valence-electron chi connectivity index (χ4n) is 2.66. The van der Waals surface area contributed by atoms with E-state index in [1.54, 1.807) is 59.9 Å². The van der Waals surface area contributed by atoms with Crippen LogP contribution in [-0.4, -0.2) is 33.5 Å². The van der Waals surface area contributed by atoms with Gasteiger partial charge in [0.25, 0.3) is 0 Å². The van der Waals surface area contributed by atoms with E-state index in [2.05, 4.69) is 27.2 Å². The van der Waals surface area contributed by atoms with Crippen LogP contribution >= 0.6 is 11.8 Å². The Hall–Kier alpha value is -2.55. The van der Waals surface area contributed by atoms with Crippen molar-refractivity contribution in [2.24, 2.45) is 4.99 Å². The minimum Gasteiger partial charge on any atom is -0.444 e. The van der Waals surface area contributed by atoms with Crippen molar-refractivity contribution in [3.05, 3.63) is 35.5 Å². The number of carbonyl (C=O) groups is 2. The van der Waals surface area contributed by atoms with Crippen molar-refractivity contribution in [2.45, 2.75) is 85.5 Å². The molecule has 178 valence electrons. The lowest BCUT2D eigenvalue weighted by molar-refractivity contribution is 0.0562. The summed E-state index contributed by atoms with van der Waals surface area (Å²) >= 11 is 1.28. The van der Waals surface area contributed by atoms with Crippen LogP contribution in [0.25, 0.3) is 0 Å². The van der Waals surface area contributed by atoms with Crippen LogP contribution in [0, 0.1) is 0 Å². The Kier molecular flexibility index (Phi) is 9.32. The summed E-state index contributed by atoms with van der Waals surface area (Å²) in [7, 11) is 0. The molecule has 0 unspecified atom stereocenters. The number of rotatable bonds is 2.